The Bertz CT molecular complexity index is 315. The van der Waals surface area contributed by atoms with Crippen LogP contribution in [0.15, 0.2) is 0 Å². The van der Waals surface area contributed by atoms with Crippen molar-refractivity contribution in [3.05, 3.63) is 0 Å². The number of nitrogens with zero attached hydrogens (tertiary/aromatic N) is 1. The Morgan fingerprint density at radius 2 is 0.935 bits per heavy atom. The third kappa shape index (κ3) is 22.8. The molecule has 0 saturated heterocycles. The molecule has 0 saturated carbocycles. The highest BCUT2D eigenvalue weighted by atomic mass is 16.5. The van der Waals surface area contributed by atoms with Crippen molar-refractivity contribution in [3.63, 3.8) is 0 Å². The number of ether oxygens (including phenoxy) is 2. The fourth-order valence-electron chi connectivity index (χ4n) is 3.75. The Balaban J connectivity index is 3.88. The summed E-state index contributed by atoms with van der Waals surface area (Å²) in [7, 11) is 0. The Labute approximate surface area is 193 Å². The first kappa shape index (κ1) is 30.8. The Hall–Kier alpha value is -0.200. The maximum absolute atomic E-state index is 10.4. The number of hydrogen-bond donors (Lipinski definition) is 2. The van der Waals surface area contributed by atoms with E-state index < -0.39 is 12.2 Å². The number of rotatable bonds is 25. The van der Waals surface area contributed by atoms with Crippen LogP contribution in [0, 0.1) is 0 Å². The second-order valence-electron chi connectivity index (χ2n) is 9.11. The molecule has 0 spiro atoms. The molecule has 5 nitrogen and oxygen atoms in total. The van der Waals surface area contributed by atoms with Gasteiger partial charge in [0.2, 0.25) is 0 Å². The summed E-state index contributed by atoms with van der Waals surface area (Å²) < 4.78 is 11.4. The topological polar surface area (TPSA) is 62.2 Å². The summed E-state index contributed by atoms with van der Waals surface area (Å²) in [6.07, 6.45) is 16.1. The summed E-state index contributed by atoms with van der Waals surface area (Å²) in [5, 5.41) is 20.7. The van der Waals surface area contributed by atoms with E-state index in [1.54, 1.807) is 0 Å². The van der Waals surface area contributed by atoms with Gasteiger partial charge < -0.3 is 19.7 Å². The van der Waals surface area contributed by atoms with Gasteiger partial charge in [0.1, 0.15) is 0 Å². The first-order valence-corrected chi connectivity index (χ1v) is 13.4. The van der Waals surface area contributed by atoms with E-state index in [-0.39, 0.29) is 0 Å². The maximum Gasteiger partial charge on any atom is 0.0900 e. The van der Waals surface area contributed by atoms with Crippen LogP contribution in [-0.2, 0) is 9.47 Å². The predicted molar refractivity (Wildman–Crippen MR) is 132 cm³/mol. The molecule has 0 aromatic carbocycles. The smallest absolute Gasteiger partial charge is 0.0900 e. The van der Waals surface area contributed by atoms with Crippen molar-refractivity contribution < 1.29 is 19.7 Å². The molecule has 0 aromatic heterocycles. The number of aliphatic hydroxyl groups excluding tert-OH is 2. The van der Waals surface area contributed by atoms with Gasteiger partial charge in [0.15, 0.2) is 0 Å². The Morgan fingerprint density at radius 3 is 1.35 bits per heavy atom. The van der Waals surface area contributed by atoms with Gasteiger partial charge in [-0.2, -0.15) is 0 Å². The van der Waals surface area contributed by atoms with Crippen LogP contribution in [0.4, 0.5) is 0 Å². The van der Waals surface area contributed by atoms with Crippen LogP contribution in [0.2, 0.25) is 0 Å². The lowest BCUT2D eigenvalue weighted by atomic mass is 10.1. The molecule has 0 bridgehead atoms. The first-order valence-electron chi connectivity index (χ1n) is 13.4. The van der Waals surface area contributed by atoms with E-state index in [1.165, 1.54) is 64.2 Å². The molecule has 0 amide bonds. The zero-order valence-electron chi connectivity index (χ0n) is 21.2. The molecular weight excluding hydrogens is 390 g/mol. The molecule has 0 fully saturated rings. The van der Waals surface area contributed by atoms with Crippen molar-refractivity contribution in [1.82, 2.24) is 4.90 Å². The van der Waals surface area contributed by atoms with Gasteiger partial charge in [-0.05, 0) is 25.8 Å². The van der Waals surface area contributed by atoms with Crippen molar-refractivity contribution >= 4 is 0 Å². The summed E-state index contributed by atoms with van der Waals surface area (Å²) in [4.78, 5) is 2.15. The molecule has 0 aliphatic rings. The fourth-order valence-corrected chi connectivity index (χ4v) is 3.75. The zero-order valence-corrected chi connectivity index (χ0v) is 21.2. The quantitative estimate of drug-likeness (QED) is 0.180. The molecule has 0 heterocycles. The van der Waals surface area contributed by atoms with Crippen LogP contribution in [-0.4, -0.2) is 73.4 Å². The van der Waals surface area contributed by atoms with Gasteiger partial charge in [-0.25, -0.2) is 0 Å². The number of hydrogen-bond acceptors (Lipinski definition) is 5. The predicted octanol–water partition coefficient (Wildman–Crippen LogP) is 5.56. The lowest BCUT2D eigenvalue weighted by Crippen LogP contribution is -2.41. The summed E-state index contributed by atoms with van der Waals surface area (Å²) in [6.45, 7) is 10.8. The highest BCUT2D eigenvalue weighted by molar-refractivity contribution is 4.69. The summed E-state index contributed by atoms with van der Waals surface area (Å²) in [5.74, 6) is 0. The van der Waals surface area contributed by atoms with Crippen molar-refractivity contribution in [3.8, 4) is 0 Å². The lowest BCUT2D eigenvalue weighted by Gasteiger charge is -2.27. The normalized spacial score (nSPS) is 13.7. The minimum atomic E-state index is -0.506. The first-order chi connectivity index (χ1) is 15.1. The highest BCUT2D eigenvalue weighted by Gasteiger charge is 2.16. The molecule has 31 heavy (non-hydrogen) atoms. The fraction of sp³-hybridized carbons (Fsp3) is 1.00. The van der Waals surface area contributed by atoms with E-state index in [2.05, 4.69) is 25.7 Å². The SMILES string of the molecule is CCCCCCCCOCC(O)CN(CCCC)CC(O)COCCCCCCCC. The zero-order chi connectivity index (χ0) is 23.0. The minimum Gasteiger partial charge on any atom is -0.389 e. The van der Waals surface area contributed by atoms with Crippen LogP contribution in [0.1, 0.15) is 111 Å². The maximum atomic E-state index is 10.4. The minimum absolute atomic E-state index is 0.377. The van der Waals surface area contributed by atoms with Crippen molar-refractivity contribution in [2.24, 2.45) is 0 Å². The van der Waals surface area contributed by atoms with E-state index in [0.29, 0.717) is 26.3 Å². The second-order valence-corrected chi connectivity index (χ2v) is 9.11. The standard InChI is InChI=1S/C26H55NO4/c1-4-7-10-12-14-16-19-30-23-25(28)21-27(18-9-6-3)22-26(29)24-31-20-17-15-13-11-8-5-2/h25-26,28-29H,4-24H2,1-3H3. The molecule has 188 valence electrons. The van der Waals surface area contributed by atoms with E-state index in [1.807, 2.05) is 0 Å². The van der Waals surface area contributed by atoms with Gasteiger partial charge in [0.05, 0.1) is 25.4 Å². The molecule has 2 atom stereocenters. The molecule has 2 unspecified atom stereocenters. The highest BCUT2D eigenvalue weighted by Crippen LogP contribution is 2.07. The molecule has 0 radical (unpaired) electrons. The van der Waals surface area contributed by atoms with E-state index in [9.17, 15) is 10.2 Å². The molecule has 0 aliphatic heterocycles. The molecule has 0 aromatic rings. The van der Waals surface area contributed by atoms with E-state index in [0.717, 1.165) is 45.4 Å². The second kappa shape index (κ2) is 24.4. The van der Waals surface area contributed by atoms with Gasteiger partial charge in [0, 0.05) is 26.3 Å². The van der Waals surface area contributed by atoms with Gasteiger partial charge in [-0.15, -0.1) is 0 Å². The van der Waals surface area contributed by atoms with Crippen LogP contribution in [0.3, 0.4) is 0 Å². The van der Waals surface area contributed by atoms with Gasteiger partial charge in [-0.3, -0.25) is 4.90 Å². The van der Waals surface area contributed by atoms with Crippen LogP contribution >= 0.6 is 0 Å². The molecule has 2 N–H and O–H groups in total. The van der Waals surface area contributed by atoms with Crippen LogP contribution in [0.5, 0.6) is 0 Å². The summed E-state index contributed by atoms with van der Waals surface area (Å²) >= 11 is 0. The number of unbranched alkanes of at least 4 members (excludes halogenated alkanes) is 11. The largest absolute Gasteiger partial charge is 0.389 e. The van der Waals surface area contributed by atoms with Gasteiger partial charge in [0.25, 0.3) is 0 Å². The molecule has 5 heteroatoms. The van der Waals surface area contributed by atoms with Crippen molar-refractivity contribution in [2.45, 2.75) is 123 Å². The van der Waals surface area contributed by atoms with Crippen molar-refractivity contribution in [1.29, 1.82) is 0 Å². The average Bonchev–Trinajstić information content (AvgIpc) is 2.75. The Kier molecular flexibility index (Phi) is 24.3. The lowest BCUT2D eigenvalue weighted by molar-refractivity contribution is -0.0112. The van der Waals surface area contributed by atoms with Gasteiger partial charge in [-0.1, -0.05) is 91.4 Å². The van der Waals surface area contributed by atoms with Crippen LogP contribution in [0.25, 0.3) is 0 Å². The Morgan fingerprint density at radius 1 is 0.548 bits per heavy atom. The molecule has 0 aliphatic carbocycles. The number of aliphatic hydroxyl groups is 2. The average molecular weight is 446 g/mol. The molecular formula is C26H55NO4. The van der Waals surface area contributed by atoms with Crippen LogP contribution < -0.4 is 0 Å². The third-order valence-corrected chi connectivity index (χ3v) is 5.67. The summed E-state index contributed by atoms with van der Waals surface area (Å²) in [5.41, 5.74) is 0. The van der Waals surface area contributed by atoms with Crippen molar-refractivity contribution in [2.75, 3.05) is 46.1 Å². The van der Waals surface area contributed by atoms with E-state index >= 15 is 0 Å². The van der Waals surface area contributed by atoms with Gasteiger partial charge >= 0.3 is 0 Å². The monoisotopic (exact) mass is 445 g/mol. The third-order valence-electron chi connectivity index (χ3n) is 5.67. The molecule has 0 rings (SSSR count). The summed E-state index contributed by atoms with van der Waals surface area (Å²) in [6, 6.07) is 0. The van der Waals surface area contributed by atoms with E-state index in [4.69, 9.17) is 9.47 Å².